The lowest BCUT2D eigenvalue weighted by atomic mass is 10.2. The number of nitrogens with one attached hydrogen (secondary N) is 1. The molecule has 29 heavy (non-hydrogen) atoms. The Kier molecular flexibility index (Phi) is 5.52. The average Bonchev–Trinajstić information content (AvgIpc) is 3.22. The number of benzene rings is 3. The lowest BCUT2D eigenvalue weighted by Crippen LogP contribution is -2.30. The molecule has 0 saturated carbocycles. The van der Waals surface area contributed by atoms with Crippen LogP contribution in [0.1, 0.15) is 12.5 Å². The van der Waals surface area contributed by atoms with Crippen LogP contribution in [0.2, 0.25) is 0 Å². The van der Waals surface area contributed by atoms with Crippen LogP contribution in [0.25, 0.3) is 0 Å². The molecule has 148 valence electrons. The van der Waals surface area contributed by atoms with Gasteiger partial charge in [-0.3, -0.25) is 4.79 Å². The van der Waals surface area contributed by atoms with E-state index in [2.05, 4.69) is 5.32 Å². The van der Waals surface area contributed by atoms with E-state index in [0.717, 1.165) is 11.3 Å². The second-order valence-corrected chi connectivity index (χ2v) is 6.56. The molecule has 1 aliphatic heterocycles. The van der Waals surface area contributed by atoms with Gasteiger partial charge in [-0.1, -0.05) is 30.3 Å². The van der Waals surface area contributed by atoms with Crippen molar-refractivity contribution in [3.8, 4) is 23.0 Å². The molecule has 1 heterocycles. The maximum Gasteiger partial charge on any atom is 0.265 e. The van der Waals surface area contributed by atoms with Crippen molar-refractivity contribution in [1.82, 2.24) is 0 Å². The van der Waals surface area contributed by atoms with Crippen LogP contribution in [-0.4, -0.2) is 18.8 Å². The molecule has 0 aliphatic carbocycles. The van der Waals surface area contributed by atoms with Gasteiger partial charge in [-0.05, 0) is 48.9 Å². The first-order valence-electron chi connectivity index (χ1n) is 9.31. The molecular weight excluding hydrogens is 370 g/mol. The van der Waals surface area contributed by atoms with Crippen molar-refractivity contribution in [2.24, 2.45) is 0 Å². The monoisotopic (exact) mass is 391 g/mol. The minimum absolute atomic E-state index is 0.194. The lowest BCUT2D eigenvalue weighted by Gasteiger charge is -2.15. The fourth-order valence-electron chi connectivity index (χ4n) is 2.83. The quantitative estimate of drug-likeness (QED) is 0.647. The van der Waals surface area contributed by atoms with Gasteiger partial charge in [0.2, 0.25) is 6.79 Å². The molecule has 1 N–H and O–H groups in total. The summed E-state index contributed by atoms with van der Waals surface area (Å²) >= 11 is 0. The predicted octanol–water partition coefficient (Wildman–Crippen LogP) is 4.40. The van der Waals surface area contributed by atoms with Gasteiger partial charge in [0.25, 0.3) is 5.91 Å². The van der Waals surface area contributed by atoms with Crippen molar-refractivity contribution in [2.75, 3.05) is 12.1 Å². The second-order valence-electron chi connectivity index (χ2n) is 6.56. The molecular formula is C23H21NO5. The zero-order valence-corrected chi connectivity index (χ0v) is 16.0. The van der Waals surface area contributed by atoms with E-state index >= 15 is 0 Å². The molecule has 6 heteroatoms. The van der Waals surface area contributed by atoms with E-state index < -0.39 is 6.10 Å². The number of carbonyl (C=O) groups is 1. The highest BCUT2D eigenvalue weighted by Crippen LogP contribution is 2.35. The number of carbonyl (C=O) groups excluding carboxylic acids is 1. The van der Waals surface area contributed by atoms with E-state index in [4.69, 9.17) is 18.9 Å². The molecule has 3 aromatic carbocycles. The van der Waals surface area contributed by atoms with Crippen LogP contribution in [0.15, 0.2) is 72.8 Å². The number of amides is 1. The minimum atomic E-state index is -0.677. The Morgan fingerprint density at radius 3 is 2.48 bits per heavy atom. The first-order chi connectivity index (χ1) is 14.2. The normalized spacial score (nSPS) is 12.9. The summed E-state index contributed by atoms with van der Waals surface area (Å²) < 4.78 is 22.1. The summed E-state index contributed by atoms with van der Waals surface area (Å²) in [6, 6.07) is 22.4. The molecule has 0 radical (unpaired) electrons. The highest BCUT2D eigenvalue weighted by molar-refractivity contribution is 5.94. The van der Waals surface area contributed by atoms with Crippen molar-refractivity contribution in [1.29, 1.82) is 0 Å². The van der Waals surface area contributed by atoms with Gasteiger partial charge in [-0.15, -0.1) is 0 Å². The first-order valence-corrected chi connectivity index (χ1v) is 9.31. The Balaban J connectivity index is 1.29. The molecule has 0 bridgehead atoms. The van der Waals surface area contributed by atoms with Crippen LogP contribution < -0.4 is 24.3 Å². The van der Waals surface area contributed by atoms with Crippen molar-refractivity contribution in [3.63, 3.8) is 0 Å². The molecule has 1 unspecified atom stereocenters. The fourth-order valence-corrected chi connectivity index (χ4v) is 2.83. The van der Waals surface area contributed by atoms with Gasteiger partial charge in [-0.2, -0.15) is 0 Å². The summed E-state index contributed by atoms with van der Waals surface area (Å²) in [6.45, 7) is 2.38. The molecule has 0 aromatic heterocycles. The number of ether oxygens (including phenoxy) is 4. The van der Waals surface area contributed by atoms with Gasteiger partial charge in [0, 0.05) is 11.8 Å². The van der Waals surface area contributed by atoms with Crippen molar-refractivity contribution in [2.45, 2.75) is 19.6 Å². The third-order valence-electron chi connectivity index (χ3n) is 4.40. The molecule has 0 saturated heterocycles. The average molecular weight is 391 g/mol. The molecule has 1 amide bonds. The molecule has 0 fully saturated rings. The Labute approximate surface area is 169 Å². The van der Waals surface area contributed by atoms with E-state index in [-0.39, 0.29) is 12.7 Å². The minimum Gasteiger partial charge on any atom is -0.489 e. The summed E-state index contributed by atoms with van der Waals surface area (Å²) in [5, 5.41) is 2.84. The Bertz CT molecular complexity index is 972. The summed E-state index contributed by atoms with van der Waals surface area (Å²) in [7, 11) is 0. The highest BCUT2D eigenvalue weighted by atomic mass is 16.7. The molecule has 1 aliphatic rings. The van der Waals surface area contributed by atoms with Gasteiger partial charge in [0.1, 0.15) is 18.1 Å². The van der Waals surface area contributed by atoms with E-state index in [0.29, 0.717) is 29.5 Å². The van der Waals surface area contributed by atoms with Crippen LogP contribution in [0.5, 0.6) is 23.0 Å². The molecule has 1 atom stereocenters. The van der Waals surface area contributed by atoms with Gasteiger partial charge in [-0.25, -0.2) is 0 Å². The van der Waals surface area contributed by atoms with Gasteiger partial charge < -0.3 is 24.3 Å². The Morgan fingerprint density at radius 1 is 0.966 bits per heavy atom. The van der Waals surface area contributed by atoms with E-state index in [1.165, 1.54) is 0 Å². The zero-order valence-electron chi connectivity index (χ0n) is 16.0. The zero-order chi connectivity index (χ0) is 20.1. The highest BCUT2D eigenvalue weighted by Gasteiger charge is 2.18. The maximum atomic E-state index is 12.4. The summed E-state index contributed by atoms with van der Waals surface area (Å²) in [5.41, 5.74) is 1.77. The van der Waals surface area contributed by atoms with Gasteiger partial charge >= 0.3 is 0 Å². The van der Waals surface area contributed by atoms with Crippen LogP contribution in [-0.2, 0) is 11.4 Å². The predicted molar refractivity (Wildman–Crippen MR) is 109 cm³/mol. The first kappa shape index (κ1) is 18.7. The van der Waals surface area contributed by atoms with Crippen molar-refractivity contribution >= 4 is 11.6 Å². The van der Waals surface area contributed by atoms with E-state index in [9.17, 15) is 4.79 Å². The summed E-state index contributed by atoms with van der Waals surface area (Å²) in [4.78, 5) is 12.4. The van der Waals surface area contributed by atoms with E-state index in [1.807, 2.05) is 42.5 Å². The third-order valence-corrected chi connectivity index (χ3v) is 4.40. The molecule has 0 spiro atoms. The molecule has 4 rings (SSSR count). The number of anilines is 1. The topological polar surface area (TPSA) is 66.0 Å². The smallest absolute Gasteiger partial charge is 0.265 e. The SMILES string of the molecule is CC(Oc1ccc2c(c1)OCO2)C(=O)Nc1ccc(OCc2ccccc2)cc1. The third kappa shape index (κ3) is 4.79. The van der Waals surface area contributed by atoms with E-state index in [1.54, 1.807) is 37.3 Å². The second kappa shape index (κ2) is 8.56. The van der Waals surface area contributed by atoms with Crippen molar-refractivity contribution in [3.05, 3.63) is 78.4 Å². The number of hydrogen-bond acceptors (Lipinski definition) is 5. The number of rotatable bonds is 7. The van der Waals surface area contributed by atoms with Gasteiger partial charge in [0.05, 0.1) is 0 Å². The number of hydrogen-bond donors (Lipinski definition) is 1. The molecule has 6 nitrogen and oxygen atoms in total. The fraction of sp³-hybridized carbons (Fsp3) is 0.174. The van der Waals surface area contributed by atoms with Crippen LogP contribution in [0.3, 0.4) is 0 Å². The van der Waals surface area contributed by atoms with Gasteiger partial charge in [0.15, 0.2) is 17.6 Å². The lowest BCUT2D eigenvalue weighted by molar-refractivity contribution is -0.122. The number of fused-ring (bicyclic) bond motifs is 1. The van der Waals surface area contributed by atoms with Crippen LogP contribution >= 0.6 is 0 Å². The largest absolute Gasteiger partial charge is 0.489 e. The molecule has 3 aromatic rings. The standard InChI is InChI=1S/C23H21NO5/c1-16(29-20-11-12-21-22(13-20)28-15-27-21)23(25)24-18-7-9-19(10-8-18)26-14-17-5-3-2-4-6-17/h2-13,16H,14-15H2,1H3,(H,24,25). The summed E-state index contributed by atoms with van der Waals surface area (Å²) in [6.07, 6.45) is -0.677. The maximum absolute atomic E-state index is 12.4. The Morgan fingerprint density at radius 2 is 1.69 bits per heavy atom. The summed E-state index contributed by atoms with van der Waals surface area (Å²) in [5.74, 6) is 2.31. The van der Waals surface area contributed by atoms with Crippen LogP contribution in [0, 0.1) is 0 Å². The Hall–Kier alpha value is -3.67. The van der Waals surface area contributed by atoms with Crippen molar-refractivity contribution < 1.29 is 23.7 Å². The van der Waals surface area contributed by atoms with Crippen LogP contribution in [0.4, 0.5) is 5.69 Å².